The van der Waals surface area contributed by atoms with E-state index in [9.17, 15) is 13.2 Å². The highest BCUT2D eigenvalue weighted by atomic mass is 127. The van der Waals surface area contributed by atoms with Crippen molar-refractivity contribution in [2.24, 2.45) is 0 Å². The normalized spacial score (nSPS) is 10.6. The summed E-state index contributed by atoms with van der Waals surface area (Å²) in [7, 11) is 0. The summed E-state index contributed by atoms with van der Waals surface area (Å²) in [5, 5.41) is 2.57. The highest BCUT2D eigenvalue weighted by molar-refractivity contribution is 14.1. The molecule has 0 fully saturated rings. The van der Waals surface area contributed by atoms with Gasteiger partial charge < -0.3 is 11.1 Å². The molecular weight excluding hydrogens is 436 g/mol. The van der Waals surface area contributed by atoms with E-state index < -0.39 is 17.5 Å². The van der Waals surface area contributed by atoms with Crippen LogP contribution in [0.4, 0.5) is 30.2 Å². The first-order chi connectivity index (χ1) is 8.88. The van der Waals surface area contributed by atoms with Gasteiger partial charge in [-0.25, -0.2) is 13.2 Å². The Balaban J connectivity index is 2.42. The van der Waals surface area contributed by atoms with E-state index in [0.717, 1.165) is 18.2 Å². The Labute approximate surface area is 129 Å². The van der Waals surface area contributed by atoms with E-state index in [1.54, 1.807) is 22.6 Å². The number of nitrogens with one attached hydrogen (secondary N) is 1. The van der Waals surface area contributed by atoms with Crippen molar-refractivity contribution < 1.29 is 13.2 Å². The Morgan fingerprint density at radius 3 is 2.26 bits per heavy atom. The molecule has 0 aliphatic carbocycles. The van der Waals surface area contributed by atoms with Crippen LogP contribution in [0, 0.1) is 21.0 Å². The molecule has 2 nitrogen and oxygen atoms in total. The van der Waals surface area contributed by atoms with E-state index in [1.165, 1.54) is 6.07 Å². The zero-order valence-corrected chi connectivity index (χ0v) is 13.0. The minimum Gasteiger partial charge on any atom is -0.397 e. The van der Waals surface area contributed by atoms with Crippen LogP contribution >= 0.6 is 38.5 Å². The van der Waals surface area contributed by atoms with E-state index in [2.05, 4.69) is 21.2 Å². The van der Waals surface area contributed by atoms with Crippen molar-refractivity contribution in [3.8, 4) is 0 Å². The fourth-order valence-electron chi connectivity index (χ4n) is 1.43. The average Bonchev–Trinajstić information content (AvgIpc) is 2.32. The zero-order valence-electron chi connectivity index (χ0n) is 9.28. The monoisotopic (exact) mass is 442 g/mol. The smallest absolute Gasteiger partial charge is 0.147 e. The molecule has 0 amide bonds. The molecule has 0 heterocycles. The molecule has 0 saturated heterocycles. The molecule has 0 aliphatic heterocycles. The SMILES string of the molecule is Nc1cc(I)c(F)cc1Nc1cc(F)c(Br)cc1F. The number of hydrogen-bond acceptors (Lipinski definition) is 2. The Morgan fingerprint density at radius 1 is 0.947 bits per heavy atom. The predicted octanol–water partition coefficient (Wildman–Crippen LogP) is 4.80. The Hall–Kier alpha value is -0.960. The zero-order chi connectivity index (χ0) is 14.2. The number of rotatable bonds is 2. The predicted molar refractivity (Wildman–Crippen MR) is 80.9 cm³/mol. The van der Waals surface area contributed by atoms with Gasteiger partial charge in [-0.2, -0.15) is 0 Å². The molecule has 2 rings (SSSR count). The largest absolute Gasteiger partial charge is 0.397 e. The van der Waals surface area contributed by atoms with Gasteiger partial charge in [0.15, 0.2) is 0 Å². The molecule has 0 aliphatic rings. The lowest BCUT2D eigenvalue weighted by molar-refractivity contribution is 0.597. The molecule has 2 aromatic rings. The summed E-state index contributed by atoms with van der Waals surface area (Å²) in [5.41, 5.74) is 6.00. The van der Waals surface area contributed by atoms with E-state index in [4.69, 9.17) is 5.73 Å². The summed E-state index contributed by atoms with van der Waals surface area (Å²) in [6.45, 7) is 0. The maximum absolute atomic E-state index is 13.6. The minimum absolute atomic E-state index is 0.0114. The Morgan fingerprint density at radius 2 is 1.58 bits per heavy atom. The molecule has 3 N–H and O–H groups in total. The van der Waals surface area contributed by atoms with Crippen molar-refractivity contribution in [2.75, 3.05) is 11.1 Å². The molecule has 0 aromatic heterocycles. The van der Waals surface area contributed by atoms with Gasteiger partial charge in [-0.05, 0) is 50.7 Å². The van der Waals surface area contributed by atoms with Gasteiger partial charge >= 0.3 is 0 Å². The number of hydrogen-bond donors (Lipinski definition) is 2. The molecule has 2 aromatic carbocycles. The molecule has 0 bridgehead atoms. The average molecular weight is 443 g/mol. The second-order valence-corrected chi connectivity index (χ2v) is 5.74. The van der Waals surface area contributed by atoms with Crippen molar-refractivity contribution in [1.82, 2.24) is 0 Å². The third-order valence-electron chi connectivity index (χ3n) is 2.37. The molecule has 0 radical (unpaired) electrons. The van der Waals surface area contributed by atoms with E-state index in [-0.39, 0.29) is 21.5 Å². The third kappa shape index (κ3) is 3.14. The van der Waals surface area contributed by atoms with Crippen molar-refractivity contribution in [3.05, 3.63) is 49.8 Å². The van der Waals surface area contributed by atoms with E-state index in [1.807, 2.05) is 0 Å². The second-order valence-electron chi connectivity index (χ2n) is 3.72. The Bertz CT molecular complexity index is 594. The van der Waals surface area contributed by atoms with Gasteiger partial charge in [0.2, 0.25) is 0 Å². The summed E-state index contributed by atoms with van der Waals surface area (Å²) in [4.78, 5) is 0. The van der Waals surface area contributed by atoms with E-state index >= 15 is 0 Å². The molecule has 100 valence electrons. The molecule has 19 heavy (non-hydrogen) atoms. The first-order valence-corrected chi connectivity index (χ1v) is 6.91. The number of halogens is 5. The van der Waals surface area contributed by atoms with Crippen molar-refractivity contribution in [1.29, 1.82) is 0 Å². The molecule has 0 saturated carbocycles. The van der Waals surface area contributed by atoms with Crippen LogP contribution in [0.2, 0.25) is 0 Å². The van der Waals surface area contributed by atoms with Gasteiger partial charge in [0.25, 0.3) is 0 Å². The summed E-state index contributed by atoms with van der Waals surface area (Å²) in [5.74, 6) is -1.80. The van der Waals surface area contributed by atoms with Gasteiger partial charge in [0.1, 0.15) is 17.5 Å². The van der Waals surface area contributed by atoms with E-state index in [0.29, 0.717) is 3.57 Å². The fourth-order valence-corrected chi connectivity index (χ4v) is 2.24. The number of nitrogens with two attached hydrogens (primary N) is 1. The first kappa shape index (κ1) is 14.4. The van der Waals surface area contributed by atoms with Gasteiger partial charge in [0.05, 0.1) is 25.1 Å². The molecule has 0 atom stereocenters. The maximum atomic E-state index is 13.6. The molecule has 0 spiro atoms. The number of benzene rings is 2. The van der Waals surface area contributed by atoms with Crippen LogP contribution in [0.25, 0.3) is 0 Å². The fraction of sp³-hybridized carbons (Fsp3) is 0. The Kier molecular flexibility index (Phi) is 4.24. The van der Waals surface area contributed by atoms with Crippen LogP contribution in [0.5, 0.6) is 0 Å². The molecular formula is C12H7BrF3IN2. The third-order valence-corrected chi connectivity index (χ3v) is 3.81. The standard InChI is InChI=1S/C12H7BrF3IN2/c13-5-1-8(16)11(2-6(5)14)19-12-3-7(15)9(17)4-10(12)18/h1-4,19H,18H2. The second kappa shape index (κ2) is 5.58. The number of nitrogen functional groups attached to an aromatic ring is 1. The van der Waals surface area contributed by atoms with Crippen LogP contribution in [0.3, 0.4) is 0 Å². The molecule has 0 unspecified atom stereocenters. The quantitative estimate of drug-likeness (QED) is 0.398. The highest BCUT2D eigenvalue weighted by Gasteiger charge is 2.11. The maximum Gasteiger partial charge on any atom is 0.147 e. The lowest BCUT2D eigenvalue weighted by Gasteiger charge is -2.11. The van der Waals surface area contributed by atoms with Crippen LogP contribution < -0.4 is 11.1 Å². The van der Waals surface area contributed by atoms with Gasteiger partial charge in [0, 0.05) is 12.1 Å². The van der Waals surface area contributed by atoms with Crippen LogP contribution in [-0.2, 0) is 0 Å². The topological polar surface area (TPSA) is 38.0 Å². The van der Waals surface area contributed by atoms with Crippen molar-refractivity contribution >= 4 is 55.6 Å². The van der Waals surface area contributed by atoms with Gasteiger partial charge in [-0.1, -0.05) is 0 Å². The van der Waals surface area contributed by atoms with Crippen LogP contribution in [-0.4, -0.2) is 0 Å². The summed E-state index contributed by atoms with van der Waals surface area (Å²) in [6.07, 6.45) is 0. The highest BCUT2D eigenvalue weighted by Crippen LogP contribution is 2.30. The lowest BCUT2D eigenvalue weighted by Crippen LogP contribution is -2.01. The number of anilines is 3. The van der Waals surface area contributed by atoms with Gasteiger partial charge in [-0.15, -0.1) is 0 Å². The molecule has 7 heteroatoms. The lowest BCUT2D eigenvalue weighted by atomic mass is 10.2. The van der Waals surface area contributed by atoms with Crippen LogP contribution in [0.1, 0.15) is 0 Å². The summed E-state index contributed by atoms with van der Waals surface area (Å²) in [6, 6.07) is 4.49. The first-order valence-electron chi connectivity index (χ1n) is 5.04. The summed E-state index contributed by atoms with van der Waals surface area (Å²) < 4.78 is 40.8. The van der Waals surface area contributed by atoms with Crippen molar-refractivity contribution in [3.63, 3.8) is 0 Å². The van der Waals surface area contributed by atoms with Crippen molar-refractivity contribution in [2.45, 2.75) is 0 Å². The van der Waals surface area contributed by atoms with Gasteiger partial charge in [-0.3, -0.25) is 0 Å². The van der Waals surface area contributed by atoms with Crippen LogP contribution in [0.15, 0.2) is 28.7 Å². The minimum atomic E-state index is -0.674. The summed E-state index contributed by atoms with van der Waals surface area (Å²) >= 11 is 4.66.